The highest BCUT2D eigenvalue weighted by Gasteiger charge is 2.26. The van der Waals surface area contributed by atoms with Crippen LogP contribution in [0.5, 0.6) is 0 Å². The fourth-order valence-electron chi connectivity index (χ4n) is 6.43. The lowest BCUT2D eigenvalue weighted by atomic mass is 10.00. The van der Waals surface area contributed by atoms with Crippen molar-refractivity contribution in [1.29, 1.82) is 0 Å². The van der Waals surface area contributed by atoms with Crippen molar-refractivity contribution >= 4 is 69.9 Å². The van der Waals surface area contributed by atoms with E-state index in [0.29, 0.717) is 50.3 Å². The van der Waals surface area contributed by atoms with E-state index < -0.39 is 20.2 Å². The Morgan fingerprint density at radius 2 is 1.20 bits per heavy atom. The zero-order valence-corrected chi connectivity index (χ0v) is 27.6. The molecule has 8 rings (SSSR count). The quantitative estimate of drug-likeness (QED) is 0.0901. The SMILES string of the molecule is O=S(=O)(O)c1cccc2c1c(Nc1ccccc1)cc1c2nc2c3cccc(S(=O)(=O)O)c3c(=Nc3ccccc3)cc-2n1-c1ccccc1. The molecule has 0 saturated carbocycles. The van der Waals surface area contributed by atoms with Gasteiger partial charge >= 0.3 is 0 Å². The van der Waals surface area contributed by atoms with Crippen LogP contribution in [0.1, 0.15) is 0 Å². The van der Waals surface area contributed by atoms with Crippen LogP contribution < -0.4 is 10.7 Å². The number of rotatable bonds is 6. The Morgan fingerprint density at radius 3 is 1.84 bits per heavy atom. The highest BCUT2D eigenvalue weighted by molar-refractivity contribution is 7.86. The molecule has 1 heterocycles. The molecule has 0 atom stereocenters. The van der Waals surface area contributed by atoms with Gasteiger partial charge in [-0.1, -0.05) is 78.9 Å². The van der Waals surface area contributed by atoms with E-state index >= 15 is 0 Å². The van der Waals surface area contributed by atoms with E-state index in [4.69, 9.17) is 9.98 Å². The van der Waals surface area contributed by atoms with Crippen LogP contribution >= 0.6 is 0 Å². The molecule has 12 heteroatoms. The number of hydrogen-bond acceptors (Lipinski definition) is 7. The maximum atomic E-state index is 12.8. The zero-order chi connectivity index (χ0) is 34.6. The number of hydrogen-bond donors (Lipinski definition) is 3. The Labute approximate surface area is 286 Å². The van der Waals surface area contributed by atoms with Gasteiger partial charge in [-0.05, 0) is 60.7 Å². The van der Waals surface area contributed by atoms with Crippen molar-refractivity contribution in [3.8, 4) is 17.1 Å². The first kappa shape index (κ1) is 31.4. The molecule has 1 aliphatic heterocycles. The molecule has 0 spiro atoms. The summed E-state index contributed by atoms with van der Waals surface area (Å²) in [5.41, 5.74) is 4.29. The third-order valence-electron chi connectivity index (χ3n) is 8.46. The molecule has 2 aliphatic rings. The minimum atomic E-state index is -4.71. The predicted octanol–water partition coefficient (Wildman–Crippen LogP) is 7.91. The summed E-state index contributed by atoms with van der Waals surface area (Å²) in [5.74, 6) is 0. The molecule has 246 valence electrons. The van der Waals surface area contributed by atoms with Gasteiger partial charge in [0.25, 0.3) is 20.2 Å². The first-order valence-electron chi connectivity index (χ1n) is 15.4. The van der Waals surface area contributed by atoms with Gasteiger partial charge < -0.3 is 9.88 Å². The van der Waals surface area contributed by atoms with Crippen LogP contribution in [-0.4, -0.2) is 35.5 Å². The minimum absolute atomic E-state index is 0.170. The lowest BCUT2D eigenvalue weighted by molar-refractivity contribution is 0.482. The monoisotopic (exact) mass is 698 g/mol. The van der Waals surface area contributed by atoms with Crippen molar-refractivity contribution in [1.82, 2.24) is 9.55 Å². The Bertz CT molecular complexity index is 2880. The summed E-state index contributed by atoms with van der Waals surface area (Å²) in [5, 5.41) is 4.83. The van der Waals surface area contributed by atoms with Gasteiger partial charge in [-0.2, -0.15) is 16.8 Å². The van der Waals surface area contributed by atoms with Gasteiger partial charge in [-0.25, -0.2) is 9.98 Å². The van der Waals surface area contributed by atoms with Crippen molar-refractivity contribution in [3.63, 3.8) is 0 Å². The summed E-state index contributed by atoms with van der Waals surface area (Å²) >= 11 is 0. The van der Waals surface area contributed by atoms with Crippen molar-refractivity contribution < 1.29 is 25.9 Å². The number of benzene rings is 7. The van der Waals surface area contributed by atoms with Gasteiger partial charge in [0.2, 0.25) is 0 Å². The van der Waals surface area contributed by atoms with Crippen LogP contribution in [0.3, 0.4) is 0 Å². The number of nitrogens with zero attached hydrogens (tertiary/aromatic N) is 3. The predicted molar refractivity (Wildman–Crippen MR) is 194 cm³/mol. The molecule has 0 fully saturated rings. The maximum Gasteiger partial charge on any atom is 0.295 e. The molecule has 10 nitrogen and oxygen atoms in total. The Kier molecular flexibility index (Phi) is 7.46. The summed E-state index contributed by atoms with van der Waals surface area (Å²) in [6.45, 7) is 0. The van der Waals surface area contributed by atoms with Gasteiger partial charge in [0.05, 0.1) is 39.2 Å². The van der Waals surface area contributed by atoms with Gasteiger partial charge in [0.1, 0.15) is 9.79 Å². The van der Waals surface area contributed by atoms with Crippen LogP contribution in [-0.2, 0) is 20.2 Å². The number of aromatic nitrogens is 2. The van der Waals surface area contributed by atoms with Crippen molar-refractivity contribution in [2.24, 2.45) is 4.99 Å². The molecule has 0 saturated heterocycles. The van der Waals surface area contributed by atoms with E-state index in [1.54, 1.807) is 36.4 Å². The highest BCUT2D eigenvalue weighted by atomic mass is 32.2. The standard InChI is InChI=1S/C38H26N4O6S2/c43-49(44,45)33-20-10-18-27-35(33)29(39-24-12-4-1-5-13-24)22-31-37(27)41-38-28-19-11-21-34(50(46,47)48)36(28)30(40-25-14-6-2-7-15-25)23-32(38)42(31)26-16-8-3-9-17-26/h1-23,39H,(H,43,44,45)(H,46,47,48). The van der Waals surface area contributed by atoms with Crippen LogP contribution in [0.4, 0.5) is 17.1 Å². The summed E-state index contributed by atoms with van der Waals surface area (Å²) in [6.07, 6.45) is 0. The van der Waals surface area contributed by atoms with Gasteiger partial charge in [-0.3, -0.25) is 9.11 Å². The molecule has 0 bridgehead atoms. The van der Waals surface area contributed by atoms with Gasteiger partial charge in [0.15, 0.2) is 0 Å². The van der Waals surface area contributed by atoms with Gasteiger partial charge in [0, 0.05) is 32.9 Å². The molecule has 50 heavy (non-hydrogen) atoms. The van der Waals surface area contributed by atoms with Gasteiger partial charge in [-0.15, -0.1) is 0 Å². The molecule has 0 aromatic heterocycles. The highest BCUT2D eigenvalue weighted by Crippen LogP contribution is 2.41. The topological polar surface area (TPSA) is 151 Å². The van der Waals surface area contributed by atoms with Crippen molar-refractivity contribution in [2.45, 2.75) is 9.79 Å². The Morgan fingerprint density at radius 1 is 0.620 bits per heavy atom. The van der Waals surface area contributed by atoms with Crippen molar-refractivity contribution in [3.05, 3.63) is 145 Å². The Hall–Kier alpha value is -5.92. The van der Waals surface area contributed by atoms with E-state index in [1.165, 1.54) is 24.3 Å². The smallest absolute Gasteiger partial charge is 0.295 e. The second-order valence-corrected chi connectivity index (χ2v) is 14.4. The summed E-state index contributed by atoms with van der Waals surface area (Å²) in [6, 6.07) is 40.4. The van der Waals surface area contributed by atoms with Crippen LogP contribution in [0.25, 0.3) is 49.7 Å². The van der Waals surface area contributed by atoms with E-state index in [1.807, 2.05) is 83.4 Å². The zero-order valence-electron chi connectivity index (χ0n) is 26.0. The molecule has 3 N–H and O–H groups in total. The molecular weight excluding hydrogens is 673 g/mol. The van der Waals surface area contributed by atoms with E-state index in [-0.39, 0.29) is 25.9 Å². The third kappa shape index (κ3) is 5.46. The molecular formula is C38H26N4O6S2. The fraction of sp³-hybridized carbons (Fsp3) is 0. The number of para-hydroxylation sites is 3. The fourth-order valence-corrected chi connectivity index (χ4v) is 7.88. The van der Waals surface area contributed by atoms with Crippen molar-refractivity contribution in [2.75, 3.05) is 5.32 Å². The van der Waals surface area contributed by atoms with Crippen LogP contribution in [0, 0.1) is 0 Å². The van der Waals surface area contributed by atoms with E-state index in [0.717, 1.165) is 5.69 Å². The number of nitrogens with one attached hydrogen (secondary N) is 1. The minimum Gasteiger partial charge on any atom is -0.355 e. The molecule has 6 aromatic rings. The second-order valence-electron chi connectivity index (χ2n) is 11.6. The largest absolute Gasteiger partial charge is 0.355 e. The van der Waals surface area contributed by atoms with E-state index in [9.17, 15) is 25.9 Å². The molecule has 0 amide bonds. The molecule has 1 aliphatic carbocycles. The van der Waals surface area contributed by atoms with Crippen LogP contribution in [0.15, 0.2) is 154 Å². The molecule has 0 radical (unpaired) electrons. The average Bonchev–Trinajstić information content (AvgIpc) is 3.11. The lowest BCUT2D eigenvalue weighted by Gasteiger charge is -2.23. The lowest BCUT2D eigenvalue weighted by Crippen LogP contribution is -2.15. The molecule has 6 aromatic carbocycles. The first-order chi connectivity index (χ1) is 24.1. The van der Waals surface area contributed by atoms with Crippen LogP contribution in [0.2, 0.25) is 0 Å². The first-order valence-corrected chi connectivity index (χ1v) is 18.3. The summed E-state index contributed by atoms with van der Waals surface area (Å²) in [4.78, 5) is 9.33. The normalized spacial score (nSPS) is 12.6. The Balaban J connectivity index is 1.63. The summed E-state index contributed by atoms with van der Waals surface area (Å²) < 4.78 is 73.9. The second kappa shape index (κ2) is 11.9. The number of fused-ring (bicyclic) bond motifs is 6. The third-order valence-corrected chi connectivity index (χ3v) is 10.3. The summed E-state index contributed by atoms with van der Waals surface area (Å²) in [7, 11) is -9.40. The van der Waals surface area contributed by atoms with E-state index in [2.05, 4.69) is 5.32 Å². The maximum absolute atomic E-state index is 12.8. The molecule has 0 unspecified atom stereocenters. The average molecular weight is 699 g/mol. The number of anilines is 2.